The maximum atomic E-state index is 4.37. The van der Waals surface area contributed by atoms with Crippen molar-refractivity contribution in [2.45, 2.75) is 103 Å². The SMILES string of the molecule is CCCCCCCC(Cc1ccccc1)C(CCCCCCC)n1ccnc1. The number of imidazole rings is 1. The molecule has 0 N–H and O–H groups in total. The van der Waals surface area contributed by atoms with E-state index in [2.05, 4.69) is 59.9 Å². The summed E-state index contributed by atoms with van der Waals surface area (Å²) < 4.78 is 2.40. The Morgan fingerprint density at radius 2 is 1.43 bits per heavy atom. The third-order valence-corrected chi connectivity index (χ3v) is 6.07. The molecule has 0 spiro atoms. The van der Waals surface area contributed by atoms with E-state index in [4.69, 9.17) is 0 Å². The zero-order valence-electron chi connectivity index (χ0n) is 18.4. The zero-order chi connectivity index (χ0) is 19.9. The van der Waals surface area contributed by atoms with Gasteiger partial charge in [-0.05, 0) is 30.7 Å². The molecule has 0 aliphatic carbocycles. The number of nitrogens with zero attached hydrogens (tertiary/aromatic N) is 2. The van der Waals surface area contributed by atoms with Crippen molar-refractivity contribution in [1.29, 1.82) is 0 Å². The van der Waals surface area contributed by atoms with Crippen molar-refractivity contribution in [3.63, 3.8) is 0 Å². The Kier molecular flexibility index (Phi) is 11.7. The van der Waals surface area contributed by atoms with Crippen molar-refractivity contribution in [3.8, 4) is 0 Å². The normalized spacial score (nSPS) is 13.5. The Morgan fingerprint density at radius 3 is 2.04 bits per heavy atom. The fourth-order valence-corrected chi connectivity index (χ4v) is 4.41. The van der Waals surface area contributed by atoms with Gasteiger partial charge in [0.15, 0.2) is 0 Å². The number of hydrogen-bond acceptors (Lipinski definition) is 1. The average Bonchev–Trinajstić information content (AvgIpc) is 3.25. The maximum Gasteiger partial charge on any atom is 0.0948 e. The van der Waals surface area contributed by atoms with Crippen molar-refractivity contribution >= 4 is 0 Å². The second-order valence-corrected chi connectivity index (χ2v) is 8.43. The van der Waals surface area contributed by atoms with Gasteiger partial charge in [0.2, 0.25) is 0 Å². The third kappa shape index (κ3) is 8.63. The van der Waals surface area contributed by atoms with Gasteiger partial charge in [0, 0.05) is 18.4 Å². The van der Waals surface area contributed by atoms with Crippen LogP contribution in [0.15, 0.2) is 49.1 Å². The minimum atomic E-state index is 0.579. The molecule has 0 saturated heterocycles. The van der Waals surface area contributed by atoms with Crippen LogP contribution in [0.5, 0.6) is 0 Å². The second kappa shape index (κ2) is 14.4. The molecule has 2 nitrogen and oxygen atoms in total. The molecule has 0 radical (unpaired) electrons. The number of unbranched alkanes of at least 4 members (excludes halogenated alkanes) is 8. The van der Waals surface area contributed by atoms with Crippen LogP contribution in [0.1, 0.15) is 103 Å². The summed E-state index contributed by atoms with van der Waals surface area (Å²) in [5.41, 5.74) is 1.48. The highest BCUT2D eigenvalue weighted by Gasteiger charge is 2.22. The maximum absolute atomic E-state index is 4.37. The van der Waals surface area contributed by atoms with Gasteiger partial charge in [-0.2, -0.15) is 0 Å². The van der Waals surface area contributed by atoms with Gasteiger partial charge < -0.3 is 4.57 Å². The van der Waals surface area contributed by atoms with Crippen LogP contribution in [0.3, 0.4) is 0 Å². The lowest BCUT2D eigenvalue weighted by Crippen LogP contribution is -2.21. The van der Waals surface area contributed by atoms with Gasteiger partial charge >= 0.3 is 0 Å². The lowest BCUT2D eigenvalue weighted by atomic mass is 9.84. The molecule has 1 heterocycles. The molecule has 2 heteroatoms. The predicted molar refractivity (Wildman–Crippen MR) is 122 cm³/mol. The molecule has 0 aliphatic heterocycles. The van der Waals surface area contributed by atoms with Crippen molar-refractivity contribution < 1.29 is 0 Å². The molecule has 2 atom stereocenters. The standard InChI is InChI=1S/C26H42N2/c1-3-5-7-9-14-18-25(22-24-16-12-11-13-17-24)26(28-21-20-27-23-28)19-15-10-8-6-4-2/h11-13,16-17,20-21,23,25-26H,3-10,14-15,18-19,22H2,1-2H3. The largest absolute Gasteiger partial charge is 0.334 e. The highest BCUT2D eigenvalue weighted by molar-refractivity contribution is 5.15. The zero-order valence-corrected chi connectivity index (χ0v) is 18.4. The molecule has 0 aliphatic rings. The number of rotatable bonds is 16. The van der Waals surface area contributed by atoms with Gasteiger partial charge in [0.25, 0.3) is 0 Å². The van der Waals surface area contributed by atoms with E-state index < -0.39 is 0 Å². The van der Waals surface area contributed by atoms with Gasteiger partial charge in [-0.3, -0.25) is 0 Å². The molecule has 2 rings (SSSR count). The van der Waals surface area contributed by atoms with Crippen LogP contribution < -0.4 is 0 Å². The summed E-state index contributed by atoms with van der Waals surface area (Å²) in [6.07, 6.45) is 23.6. The fourth-order valence-electron chi connectivity index (χ4n) is 4.41. The van der Waals surface area contributed by atoms with E-state index in [9.17, 15) is 0 Å². The molecule has 0 saturated carbocycles. The summed E-state index contributed by atoms with van der Waals surface area (Å²) in [5, 5.41) is 0. The van der Waals surface area contributed by atoms with E-state index in [1.54, 1.807) is 0 Å². The van der Waals surface area contributed by atoms with E-state index in [-0.39, 0.29) is 0 Å². The van der Waals surface area contributed by atoms with E-state index in [1.165, 1.54) is 89.0 Å². The Morgan fingerprint density at radius 1 is 0.786 bits per heavy atom. The summed E-state index contributed by atoms with van der Waals surface area (Å²) in [6.45, 7) is 4.59. The molecule has 0 amide bonds. The van der Waals surface area contributed by atoms with E-state index >= 15 is 0 Å². The van der Waals surface area contributed by atoms with E-state index in [1.807, 2.05) is 12.5 Å². The Balaban J connectivity index is 2.02. The van der Waals surface area contributed by atoms with Crippen LogP contribution in [0.2, 0.25) is 0 Å². The number of hydrogen-bond donors (Lipinski definition) is 0. The van der Waals surface area contributed by atoms with Crippen LogP contribution in [0, 0.1) is 5.92 Å². The van der Waals surface area contributed by atoms with Crippen LogP contribution in [0.25, 0.3) is 0 Å². The first kappa shape index (κ1) is 22.7. The van der Waals surface area contributed by atoms with Crippen molar-refractivity contribution in [2.75, 3.05) is 0 Å². The summed E-state index contributed by atoms with van der Waals surface area (Å²) in [6, 6.07) is 11.7. The topological polar surface area (TPSA) is 17.8 Å². The fraction of sp³-hybridized carbons (Fsp3) is 0.654. The molecule has 2 aromatic rings. The quantitative estimate of drug-likeness (QED) is 0.269. The summed E-state index contributed by atoms with van der Waals surface area (Å²) in [5.74, 6) is 0.699. The lowest BCUT2D eigenvalue weighted by molar-refractivity contribution is 0.275. The second-order valence-electron chi connectivity index (χ2n) is 8.43. The van der Waals surface area contributed by atoms with Gasteiger partial charge in [-0.1, -0.05) is 108 Å². The highest BCUT2D eigenvalue weighted by Crippen LogP contribution is 2.32. The molecular weight excluding hydrogens is 340 g/mol. The number of aromatic nitrogens is 2. The lowest BCUT2D eigenvalue weighted by Gasteiger charge is -2.29. The highest BCUT2D eigenvalue weighted by atomic mass is 15.1. The number of benzene rings is 1. The van der Waals surface area contributed by atoms with Crippen molar-refractivity contribution in [2.24, 2.45) is 5.92 Å². The molecule has 156 valence electrons. The molecule has 1 aromatic carbocycles. The van der Waals surface area contributed by atoms with Crippen LogP contribution in [0.4, 0.5) is 0 Å². The summed E-state index contributed by atoms with van der Waals surface area (Å²) >= 11 is 0. The van der Waals surface area contributed by atoms with Gasteiger partial charge in [-0.25, -0.2) is 4.98 Å². The first-order valence-corrected chi connectivity index (χ1v) is 11.9. The van der Waals surface area contributed by atoms with E-state index in [0.29, 0.717) is 12.0 Å². The Hall–Kier alpha value is -1.57. The van der Waals surface area contributed by atoms with Crippen LogP contribution >= 0.6 is 0 Å². The van der Waals surface area contributed by atoms with Crippen LogP contribution in [-0.2, 0) is 6.42 Å². The average molecular weight is 383 g/mol. The predicted octanol–water partition coefficient (Wildman–Crippen LogP) is 8.00. The Bertz CT molecular complexity index is 576. The van der Waals surface area contributed by atoms with E-state index in [0.717, 1.165) is 0 Å². The molecule has 28 heavy (non-hydrogen) atoms. The molecule has 2 unspecified atom stereocenters. The molecule has 1 aromatic heterocycles. The van der Waals surface area contributed by atoms with Gasteiger partial charge in [0.05, 0.1) is 6.33 Å². The first-order valence-electron chi connectivity index (χ1n) is 11.9. The minimum Gasteiger partial charge on any atom is -0.334 e. The summed E-state index contributed by atoms with van der Waals surface area (Å²) in [4.78, 5) is 4.37. The Labute approximate surface area is 173 Å². The molecular formula is C26H42N2. The van der Waals surface area contributed by atoms with Crippen molar-refractivity contribution in [1.82, 2.24) is 9.55 Å². The smallest absolute Gasteiger partial charge is 0.0948 e. The molecule has 0 fully saturated rings. The van der Waals surface area contributed by atoms with Crippen molar-refractivity contribution in [3.05, 3.63) is 54.6 Å². The molecule has 0 bridgehead atoms. The van der Waals surface area contributed by atoms with Gasteiger partial charge in [-0.15, -0.1) is 0 Å². The monoisotopic (exact) mass is 382 g/mol. The minimum absolute atomic E-state index is 0.579. The first-order chi connectivity index (χ1) is 13.8. The third-order valence-electron chi connectivity index (χ3n) is 6.07. The van der Waals surface area contributed by atoms with Crippen LogP contribution in [-0.4, -0.2) is 9.55 Å². The summed E-state index contributed by atoms with van der Waals surface area (Å²) in [7, 11) is 0. The van der Waals surface area contributed by atoms with Gasteiger partial charge in [0.1, 0.15) is 0 Å².